The van der Waals surface area contributed by atoms with E-state index in [-0.39, 0.29) is 28.9 Å². The molecule has 1 aromatic heterocycles. The van der Waals surface area contributed by atoms with E-state index in [1.165, 1.54) is 30.9 Å². The molecule has 30 heavy (non-hydrogen) atoms. The van der Waals surface area contributed by atoms with Crippen LogP contribution < -0.4 is 10.1 Å². The number of nitro benzene ring substituents is 1. The van der Waals surface area contributed by atoms with Gasteiger partial charge in [0.2, 0.25) is 0 Å². The molecule has 0 fully saturated rings. The minimum absolute atomic E-state index is 0.124. The van der Waals surface area contributed by atoms with E-state index in [0.29, 0.717) is 6.54 Å². The Bertz CT molecular complexity index is 1080. The molecule has 154 valence electrons. The van der Waals surface area contributed by atoms with Crippen LogP contribution in [0.4, 0.5) is 5.69 Å². The number of carbonyl (C=O) groups excluding carboxylic acids is 1. The second kappa shape index (κ2) is 8.36. The number of aromatic nitrogens is 2. The highest BCUT2D eigenvalue weighted by molar-refractivity contribution is 5.95. The first-order valence-electron chi connectivity index (χ1n) is 9.78. The number of amides is 1. The number of hydrogen-bond acceptors (Lipinski definition) is 5. The average Bonchev–Trinajstić information content (AvgIpc) is 3.17. The number of ether oxygens (including phenoxy) is 1. The van der Waals surface area contributed by atoms with E-state index < -0.39 is 4.92 Å². The molecule has 1 aliphatic carbocycles. The maximum Gasteiger partial charge on any atom is 0.311 e. The van der Waals surface area contributed by atoms with Gasteiger partial charge >= 0.3 is 5.69 Å². The van der Waals surface area contributed by atoms with Gasteiger partial charge in [-0.3, -0.25) is 19.6 Å². The highest BCUT2D eigenvalue weighted by atomic mass is 16.6. The molecule has 1 N–H and O–H groups in total. The second-order valence-corrected chi connectivity index (χ2v) is 7.25. The molecule has 8 nitrogen and oxygen atoms in total. The van der Waals surface area contributed by atoms with Gasteiger partial charge in [0.05, 0.1) is 30.8 Å². The largest absolute Gasteiger partial charge is 0.490 e. The number of nitrogens with one attached hydrogen (secondary N) is 1. The van der Waals surface area contributed by atoms with Crippen molar-refractivity contribution in [3.63, 3.8) is 0 Å². The quantitative estimate of drug-likeness (QED) is 0.497. The molecular formula is C22H22N4O4. The first kappa shape index (κ1) is 19.6. The van der Waals surface area contributed by atoms with Crippen LogP contribution in [0.3, 0.4) is 0 Å². The Balaban J connectivity index is 1.54. The number of benzene rings is 2. The van der Waals surface area contributed by atoms with E-state index in [0.717, 1.165) is 30.5 Å². The Morgan fingerprint density at radius 3 is 2.83 bits per heavy atom. The summed E-state index contributed by atoms with van der Waals surface area (Å²) >= 11 is 0. The lowest BCUT2D eigenvalue weighted by Crippen LogP contribution is -2.31. The van der Waals surface area contributed by atoms with Crippen LogP contribution in [-0.2, 0) is 13.0 Å². The van der Waals surface area contributed by atoms with Crippen LogP contribution >= 0.6 is 0 Å². The Hall–Kier alpha value is -3.68. The summed E-state index contributed by atoms with van der Waals surface area (Å²) in [5, 5.41) is 18.8. The molecule has 4 rings (SSSR count). The van der Waals surface area contributed by atoms with Crippen molar-refractivity contribution in [3.05, 3.63) is 87.2 Å². The van der Waals surface area contributed by atoms with Gasteiger partial charge in [0.25, 0.3) is 5.91 Å². The van der Waals surface area contributed by atoms with Crippen LogP contribution in [0.15, 0.2) is 54.7 Å². The summed E-state index contributed by atoms with van der Waals surface area (Å²) < 4.78 is 6.99. The van der Waals surface area contributed by atoms with Gasteiger partial charge in [-0.2, -0.15) is 5.10 Å². The standard InChI is InChI=1S/C22H22N4O4/c1-30-21-11-10-16(12-20(21)26(28)29)22(27)24-18-8-5-9-19-17(18)13-23-25(19)14-15-6-3-2-4-7-15/h2-4,6-7,10-13,18H,5,8-9,14H2,1H3,(H,24,27). The third-order valence-corrected chi connectivity index (χ3v) is 5.38. The molecule has 1 amide bonds. The molecule has 0 saturated heterocycles. The van der Waals surface area contributed by atoms with Gasteiger partial charge in [-0.15, -0.1) is 0 Å². The van der Waals surface area contributed by atoms with Crippen LogP contribution in [0.1, 0.15) is 46.1 Å². The molecule has 0 bridgehead atoms. The third kappa shape index (κ3) is 3.89. The minimum Gasteiger partial charge on any atom is -0.490 e. The first-order chi connectivity index (χ1) is 14.6. The van der Waals surface area contributed by atoms with Crippen LogP contribution in [0.25, 0.3) is 0 Å². The summed E-state index contributed by atoms with van der Waals surface area (Å²) in [4.78, 5) is 23.5. The molecule has 1 heterocycles. The van der Waals surface area contributed by atoms with Crippen LogP contribution in [-0.4, -0.2) is 27.7 Å². The van der Waals surface area contributed by atoms with Gasteiger partial charge in [-0.05, 0) is 37.0 Å². The van der Waals surface area contributed by atoms with Crippen LogP contribution in [0.5, 0.6) is 5.75 Å². The molecule has 3 aromatic rings. The molecule has 8 heteroatoms. The van der Waals surface area contributed by atoms with Crippen molar-refractivity contribution in [1.82, 2.24) is 15.1 Å². The molecular weight excluding hydrogens is 384 g/mol. The zero-order chi connectivity index (χ0) is 21.1. The molecule has 0 spiro atoms. The highest BCUT2D eigenvalue weighted by Gasteiger charge is 2.27. The van der Waals surface area contributed by atoms with Crippen molar-refractivity contribution in [2.75, 3.05) is 7.11 Å². The van der Waals surface area contributed by atoms with Gasteiger partial charge in [-0.1, -0.05) is 30.3 Å². The molecule has 0 saturated carbocycles. The fraction of sp³-hybridized carbons (Fsp3) is 0.273. The Labute approximate surface area is 173 Å². The Morgan fingerprint density at radius 2 is 2.10 bits per heavy atom. The summed E-state index contributed by atoms with van der Waals surface area (Å²) in [6.07, 6.45) is 4.45. The fourth-order valence-electron chi connectivity index (χ4n) is 3.88. The van der Waals surface area contributed by atoms with Crippen molar-refractivity contribution >= 4 is 11.6 Å². The van der Waals surface area contributed by atoms with E-state index in [1.807, 2.05) is 29.1 Å². The molecule has 1 unspecified atom stereocenters. The first-order valence-corrected chi connectivity index (χ1v) is 9.78. The zero-order valence-corrected chi connectivity index (χ0v) is 16.6. The number of nitro groups is 1. The second-order valence-electron chi connectivity index (χ2n) is 7.25. The molecule has 0 radical (unpaired) electrons. The van der Waals surface area contributed by atoms with Gasteiger partial charge in [0.1, 0.15) is 0 Å². The van der Waals surface area contributed by atoms with Crippen molar-refractivity contribution in [3.8, 4) is 5.75 Å². The number of methoxy groups -OCH3 is 1. The van der Waals surface area contributed by atoms with Crippen LogP contribution in [0, 0.1) is 10.1 Å². The SMILES string of the molecule is COc1ccc(C(=O)NC2CCCc3c2cnn3Cc2ccccc2)cc1[N+](=O)[O-]. The van der Waals surface area contributed by atoms with Gasteiger partial charge in [-0.25, -0.2) is 0 Å². The topological polar surface area (TPSA) is 99.3 Å². The van der Waals surface area contributed by atoms with E-state index in [1.54, 1.807) is 0 Å². The number of nitrogens with zero attached hydrogens (tertiary/aromatic N) is 3. The van der Waals surface area contributed by atoms with Crippen molar-refractivity contribution < 1.29 is 14.5 Å². The predicted molar refractivity (Wildman–Crippen MR) is 111 cm³/mol. The molecule has 1 atom stereocenters. The summed E-state index contributed by atoms with van der Waals surface area (Å²) in [5.74, 6) is -0.229. The van der Waals surface area contributed by atoms with E-state index >= 15 is 0 Å². The average molecular weight is 406 g/mol. The predicted octanol–water partition coefficient (Wildman–Crippen LogP) is 3.66. The van der Waals surface area contributed by atoms with E-state index in [9.17, 15) is 14.9 Å². The fourth-order valence-corrected chi connectivity index (χ4v) is 3.88. The van der Waals surface area contributed by atoms with E-state index in [2.05, 4.69) is 22.5 Å². The minimum atomic E-state index is -0.554. The number of rotatable bonds is 6. The Morgan fingerprint density at radius 1 is 1.30 bits per heavy atom. The monoisotopic (exact) mass is 406 g/mol. The van der Waals surface area contributed by atoms with Gasteiger partial charge in [0.15, 0.2) is 5.75 Å². The zero-order valence-electron chi connectivity index (χ0n) is 16.6. The molecule has 1 aliphatic rings. The van der Waals surface area contributed by atoms with Crippen molar-refractivity contribution in [1.29, 1.82) is 0 Å². The van der Waals surface area contributed by atoms with Crippen molar-refractivity contribution in [2.45, 2.75) is 31.8 Å². The summed E-state index contributed by atoms with van der Waals surface area (Å²) in [5.41, 5.74) is 3.29. The normalized spacial score (nSPS) is 15.3. The lowest BCUT2D eigenvalue weighted by molar-refractivity contribution is -0.385. The van der Waals surface area contributed by atoms with Crippen molar-refractivity contribution in [2.24, 2.45) is 0 Å². The lowest BCUT2D eigenvalue weighted by Gasteiger charge is -2.24. The number of fused-ring (bicyclic) bond motifs is 1. The summed E-state index contributed by atoms with van der Waals surface area (Å²) in [7, 11) is 1.36. The highest BCUT2D eigenvalue weighted by Crippen LogP contribution is 2.31. The summed E-state index contributed by atoms with van der Waals surface area (Å²) in [6, 6.07) is 14.2. The molecule has 0 aliphatic heterocycles. The number of hydrogen-bond donors (Lipinski definition) is 1. The number of carbonyl (C=O) groups is 1. The van der Waals surface area contributed by atoms with Gasteiger partial charge < -0.3 is 10.1 Å². The van der Waals surface area contributed by atoms with E-state index in [4.69, 9.17) is 4.74 Å². The molecule has 2 aromatic carbocycles. The van der Waals surface area contributed by atoms with Gasteiger partial charge in [0, 0.05) is 22.9 Å². The summed E-state index contributed by atoms with van der Waals surface area (Å²) in [6.45, 7) is 0.682. The lowest BCUT2D eigenvalue weighted by atomic mass is 9.92. The third-order valence-electron chi connectivity index (χ3n) is 5.38. The smallest absolute Gasteiger partial charge is 0.311 e. The maximum atomic E-state index is 12.8. The maximum absolute atomic E-state index is 12.8. The Kier molecular flexibility index (Phi) is 5.47. The van der Waals surface area contributed by atoms with Crippen LogP contribution in [0.2, 0.25) is 0 Å².